The molecule has 1 fully saturated rings. The highest BCUT2D eigenvalue weighted by Crippen LogP contribution is 2.34. The highest BCUT2D eigenvalue weighted by Gasteiger charge is 2.32. The van der Waals surface area contributed by atoms with Crippen molar-refractivity contribution in [3.05, 3.63) is 66.1 Å². The second-order valence-electron chi connectivity index (χ2n) is 7.98. The molecular formula is C23H20F3N5O2. The minimum absolute atomic E-state index is 0.151. The fourth-order valence-corrected chi connectivity index (χ4v) is 4.39. The Morgan fingerprint density at radius 3 is 2.64 bits per heavy atom. The summed E-state index contributed by atoms with van der Waals surface area (Å²) in [6.07, 6.45) is 0.995. The number of rotatable bonds is 3. The lowest BCUT2D eigenvalue weighted by molar-refractivity contribution is -0.274. The number of nitrogens with zero attached hydrogens (tertiary/aromatic N) is 4. The summed E-state index contributed by atoms with van der Waals surface area (Å²) >= 11 is 0. The topological polar surface area (TPSA) is 85.8 Å². The molecule has 1 aliphatic heterocycles. The Morgan fingerprint density at radius 1 is 1.09 bits per heavy atom. The Morgan fingerprint density at radius 2 is 1.88 bits per heavy atom. The van der Waals surface area contributed by atoms with E-state index in [-0.39, 0.29) is 17.7 Å². The zero-order valence-electron chi connectivity index (χ0n) is 17.4. The standard InChI is InChI=1S/C23H20F3N5O2/c24-23(25,26)33-16-7-4-14(5-8-16)18-3-1-2-10-30(18)22(32)15-6-9-17-19(11-15)31-13-28-12-20(31)21(27)29-17/h4-9,11-13,18H,1-3,10H2,(H2,27,29). The van der Waals surface area contributed by atoms with Crippen molar-refractivity contribution in [1.82, 2.24) is 19.3 Å². The number of hydrogen-bond acceptors (Lipinski definition) is 5. The smallest absolute Gasteiger partial charge is 0.406 e. The molecule has 2 aromatic heterocycles. The van der Waals surface area contributed by atoms with Gasteiger partial charge in [-0.3, -0.25) is 9.20 Å². The molecule has 1 atom stereocenters. The number of halogens is 3. The third-order valence-electron chi connectivity index (χ3n) is 5.89. The quantitative estimate of drug-likeness (QED) is 0.483. The molecule has 0 bridgehead atoms. The number of fused-ring (bicyclic) bond motifs is 3. The van der Waals surface area contributed by atoms with Gasteiger partial charge < -0.3 is 15.4 Å². The van der Waals surface area contributed by atoms with Crippen LogP contribution in [0, 0.1) is 0 Å². The number of nitrogen functional groups attached to an aromatic ring is 1. The summed E-state index contributed by atoms with van der Waals surface area (Å²) in [6.45, 7) is 0.558. The number of benzene rings is 2. The zero-order valence-corrected chi connectivity index (χ0v) is 17.4. The van der Waals surface area contributed by atoms with Gasteiger partial charge in [-0.15, -0.1) is 13.2 Å². The molecule has 3 heterocycles. The molecule has 10 heteroatoms. The van der Waals surface area contributed by atoms with Gasteiger partial charge in [-0.1, -0.05) is 12.1 Å². The van der Waals surface area contributed by atoms with E-state index < -0.39 is 6.36 Å². The van der Waals surface area contributed by atoms with Gasteiger partial charge in [0.2, 0.25) is 0 Å². The van der Waals surface area contributed by atoms with Crippen molar-refractivity contribution in [2.75, 3.05) is 12.3 Å². The van der Waals surface area contributed by atoms with Gasteiger partial charge in [0.25, 0.3) is 5.91 Å². The first-order valence-electron chi connectivity index (χ1n) is 10.5. The van der Waals surface area contributed by atoms with Crippen molar-refractivity contribution in [1.29, 1.82) is 0 Å². The number of ether oxygens (including phenoxy) is 1. The molecular weight excluding hydrogens is 435 g/mol. The van der Waals surface area contributed by atoms with Gasteiger partial charge >= 0.3 is 6.36 Å². The number of likely N-dealkylation sites (tertiary alicyclic amines) is 1. The Balaban J connectivity index is 1.46. The summed E-state index contributed by atoms with van der Waals surface area (Å²) in [7, 11) is 0. The summed E-state index contributed by atoms with van der Waals surface area (Å²) in [6, 6.07) is 10.7. The average Bonchev–Trinajstić information content (AvgIpc) is 3.29. The van der Waals surface area contributed by atoms with E-state index in [1.807, 2.05) is 0 Å². The molecule has 7 nitrogen and oxygen atoms in total. The highest BCUT2D eigenvalue weighted by molar-refractivity contribution is 5.98. The number of imidazole rings is 1. The normalized spacial score (nSPS) is 16.9. The van der Waals surface area contributed by atoms with Gasteiger partial charge in [-0.2, -0.15) is 0 Å². The maximum atomic E-state index is 13.5. The summed E-state index contributed by atoms with van der Waals surface area (Å²) in [5.74, 6) is -0.0824. The molecule has 2 aromatic carbocycles. The molecule has 0 radical (unpaired) electrons. The van der Waals surface area contributed by atoms with E-state index in [2.05, 4.69) is 14.7 Å². The fourth-order valence-electron chi connectivity index (χ4n) is 4.39. The van der Waals surface area contributed by atoms with E-state index in [0.717, 1.165) is 24.8 Å². The fraction of sp³-hybridized carbons (Fsp3) is 0.261. The number of amides is 1. The molecule has 1 amide bonds. The van der Waals surface area contributed by atoms with E-state index >= 15 is 0 Å². The number of aromatic nitrogens is 3. The largest absolute Gasteiger partial charge is 0.573 e. The molecule has 1 aliphatic rings. The molecule has 170 valence electrons. The molecule has 33 heavy (non-hydrogen) atoms. The molecule has 2 N–H and O–H groups in total. The molecule has 0 spiro atoms. The van der Waals surface area contributed by atoms with Crippen LogP contribution < -0.4 is 10.5 Å². The maximum Gasteiger partial charge on any atom is 0.573 e. The van der Waals surface area contributed by atoms with Crippen molar-refractivity contribution >= 4 is 28.3 Å². The zero-order chi connectivity index (χ0) is 23.2. The maximum absolute atomic E-state index is 13.5. The van der Waals surface area contributed by atoms with Gasteiger partial charge in [-0.05, 0) is 55.2 Å². The number of carbonyl (C=O) groups is 1. The van der Waals surface area contributed by atoms with Gasteiger partial charge in [-0.25, -0.2) is 9.97 Å². The van der Waals surface area contributed by atoms with Crippen molar-refractivity contribution < 1.29 is 22.7 Å². The van der Waals surface area contributed by atoms with E-state index in [1.54, 1.807) is 52.2 Å². The number of carbonyl (C=O) groups excluding carboxylic acids is 1. The van der Waals surface area contributed by atoms with Crippen LogP contribution in [0.3, 0.4) is 0 Å². The number of piperidine rings is 1. The monoisotopic (exact) mass is 455 g/mol. The van der Waals surface area contributed by atoms with Gasteiger partial charge in [0.05, 0.1) is 29.6 Å². The minimum atomic E-state index is -4.75. The van der Waals surface area contributed by atoms with Crippen molar-refractivity contribution in [2.45, 2.75) is 31.7 Å². The lowest BCUT2D eigenvalue weighted by Crippen LogP contribution is -2.38. The molecule has 0 aliphatic carbocycles. The van der Waals surface area contributed by atoms with Gasteiger partial charge in [0.1, 0.15) is 17.1 Å². The first-order chi connectivity index (χ1) is 15.8. The van der Waals surface area contributed by atoms with Crippen LogP contribution in [-0.2, 0) is 0 Å². The summed E-state index contributed by atoms with van der Waals surface area (Å²) in [5, 5.41) is 0. The summed E-state index contributed by atoms with van der Waals surface area (Å²) < 4.78 is 43.2. The third kappa shape index (κ3) is 4.04. The first kappa shape index (κ1) is 21.0. The van der Waals surface area contributed by atoms with Crippen LogP contribution in [0.1, 0.15) is 41.2 Å². The second-order valence-corrected chi connectivity index (χ2v) is 7.98. The second kappa shape index (κ2) is 7.95. The Kier molecular flexibility index (Phi) is 5.07. The van der Waals surface area contributed by atoms with E-state index in [1.165, 1.54) is 12.1 Å². The lowest BCUT2D eigenvalue weighted by atomic mass is 9.94. The molecule has 1 saturated heterocycles. The highest BCUT2D eigenvalue weighted by atomic mass is 19.4. The van der Waals surface area contributed by atoms with Crippen LogP contribution in [-0.4, -0.2) is 38.1 Å². The minimum Gasteiger partial charge on any atom is -0.406 e. The van der Waals surface area contributed by atoms with Crippen LogP contribution in [0.2, 0.25) is 0 Å². The van der Waals surface area contributed by atoms with Crippen molar-refractivity contribution in [2.24, 2.45) is 0 Å². The summed E-state index contributed by atoms with van der Waals surface area (Å²) in [5.41, 5.74) is 9.26. The van der Waals surface area contributed by atoms with Crippen LogP contribution in [0.4, 0.5) is 19.0 Å². The number of hydrogen-bond donors (Lipinski definition) is 1. The molecule has 4 aromatic rings. The number of nitrogens with two attached hydrogens (primary N) is 1. The molecule has 1 unspecified atom stereocenters. The lowest BCUT2D eigenvalue weighted by Gasteiger charge is -2.36. The van der Waals surface area contributed by atoms with Gasteiger partial charge in [0, 0.05) is 12.1 Å². The Labute approximate surface area is 186 Å². The van der Waals surface area contributed by atoms with Crippen molar-refractivity contribution in [3.8, 4) is 5.75 Å². The molecule has 5 rings (SSSR count). The number of alkyl halides is 3. The van der Waals surface area contributed by atoms with Gasteiger partial charge in [0.15, 0.2) is 0 Å². The predicted octanol–water partition coefficient (Wildman–Crippen LogP) is 4.73. The first-order valence-corrected chi connectivity index (χ1v) is 10.5. The SMILES string of the molecule is Nc1nc2ccc(C(=O)N3CCCCC3c3ccc(OC(F)(F)F)cc3)cc2n2cncc12. The predicted molar refractivity (Wildman–Crippen MR) is 116 cm³/mol. The van der Waals surface area contributed by atoms with Crippen molar-refractivity contribution in [3.63, 3.8) is 0 Å². The Bertz CT molecular complexity index is 1330. The molecule has 0 saturated carbocycles. The third-order valence-corrected chi connectivity index (χ3v) is 5.89. The van der Waals surface area contributed by atoms with E-state index in [9.17, 15) is 18.0 Å². The Hall–Kier alpha value is -3.82. The summed E-state index contributed by atoms with van der Waals surface area (Å²) in [4.78, 5) is 23.8. The average molecular weight is 455 g/mol. The van der Waals surface area contributed by atoms with Crippen LogP contribution in [0.5, 0.6) is 5.75 Å². The van der Waals surface area contributed by atoms with E-state index in [0.29, 0.717) is 34.5 Å². The number of anilines is 1. The van der Waals surface area contributed by atoms with Crippen LogP contribution in [0.15, 0.2) is 55.0 Å². The van der Waals surface area contributed by atoms with Crippen LogP contribution in [0.25, 0.3) is 16.6 Å². The van der Waals surface area contributed by atoms with E-state index in [4.69, 9.17) is 5.73 Å². The van der Waals surface area contributed by atoms with Crippen LogP contribution >= 0.6 is 0 Å².